The number of rotatable bonds is 6. The van der Waals surface area contributed by atoms with E-state index in [-0.39, 0.29) is 23.0 Å². The predicted molar refractivity (Wildman–Crippen MR) is 183 cm³/mol. The molecule has 2 atom stereocenters. The van der Waals surface area contributed by atoms with Crippen LogP contribution in [0.1, 0.15) is 80.6 Å². The van der Waals surface area contributed by atoms with Gasteiger partial charge in [0.25, 0.3) is 0 Å². The Balaban J connectivity index is 1.76. The van der Waals surface area contributed by atoms with Crippen molar-refractivity contribution in [3.63, 3.8) is 0 Å². The summed E-state index contributed by atoms with van der Waals surface area (Å²) in [6.07, 6.45) is 0. The number of aryl methyl sites for hydroxylation is 6. The van der Waals surface area contributed by atoms with Crippen molar-refractivity contribution in [2.24, 2.45) is 0 Å². The van der Waals surface area contributed by atoms with Crippen LogP contribution in [0, 0.1) is 41.5 Å². The van der Waals surface area contributed by atoms with Crippen molar-refractivity contribution in [1.29, 1.82) is 0 Å². The van der Waals surface area contributed by atoms with Crippen molar-refractivity contribution in [2.75, 3.05) is 5.73 Å². The molecule has 0 saturated heterocycles. The van der Waals surface area contributed by atoms with Gasteiger partial charge in [-0.2, -0.15) is 0 Å². The molecule has 5 aromatic rings. The second-order valence-electron chi connectivity index (χ2n) is 13.0. The Morgan fingerprint density at radius 1 is 0.400 bits per heavy atom. The highest BCUT2D eigenvalue weighted by Gasteiger charge is 2.36. The molecule has 5 rings (SSSR count). The van der Waals surface area contributed by atoms with Gasteiger partial charge < -0.3 is 26.2 Å². The SMILES string of the molecule is Cc1cc(C(C)(c2ccc(C(C)(c3cc(C)c(O)c(C)c3)c3cc(C)c(O)c(N)c3)cc2)c2cc(C)c(O)c(C)c2)ccc1O. The zero-order valence-corrected chi connectivity index (χ0v) is 27.4. The first kappa shape index (κ1) is 31.5. The van der Waals surface area contributed by atoms with Gasteiger partial charge in [0, 0.05) is 10.8 Å². The summed E-state index contributed by atoms with van der Waals surface area (Å²) in [5.74, 6) is 0.886. The van der Waals surface area contributed by atoms with Gasteiger partial charge in [0.1, 0.15) is 23.0 Å². The third-order valence-electron chi connectivity index (χ3n) is 9.86. The van der Waals surface area contributed by atoms with E-state index in [9.17, 15) is 20.4 Å². The van der Waals surface area contributed by atoms with E-state index in [0.717, 1.165) is 61.2 Å². The molecule has 0 radical (unpaired) electrons. The zero-order chi connectivity index (χ0) is 33.0. The minimum Gasteiger partial charge on any atom is -0.508 e. The van der Waals surface area contributed by atoms with Crippen LogP contribution in [0.5, 0.6) is 23.0 Å². The molecule has 45 heavy (non-hydrogen) atoms. The van der Waals surface area contributed by atoms with E-state index in [1.807, 2.05) is 90.1 Å². The van der Waals surface area contributed by atoms with Gasteiger partial charge in [0.2, 0.25) is 0 Å². The Morgan fingerprint density at radius 2 is 0.711 bits per heavy atom. The number of anilines is 1. The molecule has 0 aliphatic rings. The van der Waals surface area contributed by atoms with Crippen molar-refractivity contribution in [3.05, 3.63) is 146 Å². The van der Waals surface area contributed by atoms with E-state index in [1.54, 1.807) is 6.07 Å². The number of aromatic hydroxyl groups is 4. The Hall–Kier alpha value is -4.90. The fraction of sp³-hybridized carbons (Fsp3) is 0.250. The second-order valence-corrected chi connectivity index (χ2v) is 13.0. The molecule has 6 N–H and O–H groups in total. The van der Waals surface area contributed by atoms with Gasteiger partial charge >= 0.3 is 0 Å². The van der Waals surface area contributed by atoms with Crippen molar-refractivity contribution >= 4 is 5.69 Å². The number of phenols is 4. The summed E-state index contributed by atoms with van der Waals surface area (Å²) in [6, 6.07) is 26.2. The lowest BCUT2D eigenvalue weighted by molar-refractivity contribution is 0.465. The zero-order valence-electron chi connectivity index (χ0n) is 27.4. The largest absolute Gasteiger partial charge is 0.508 e. The number of nitrogen functional groups attached to an aromatic ring is 1. The molecule has 0 aromatic heterocycles. The van der Waals surface area contributed by atoms with E-state index >= 15 is 0 Å². The first-order chi connectivity index (χ1) is 21.1. The van der Waals surface area contributed by atoms with Crippen LogP contribution < -0.4 is 5.73 Å². The average molecular weight is 602 g/mol. The third-order valence-corrected chi connectivity index (χ3v) is 9.86. The van der Waals surface area contributed by atoms with Gasteiger partial charge in [-0.1, -0.05) is 66.7 Å². The predicted octanol–water partition coefficient (Wildman–Crippen LogP) is 8.65. The standard InChI is InChI=1S/C40H43NO4/c1-22-15-30(13-14-35(22)42)39(7,31-16-23(2)36(43)24(3)17-31)28-9-11-29(12-10-28)40(8,32-18-25(4)37(44)26(5)19-32)33-20-27(6)38(45)34(41)21-33/h9-21,42-45H,41H2,1-8H3. The van der Waals surface area contributed by atoms with Gasteiger partial charge in [-0.3, -0.25) is 0 Å². The molecule has 5 aromatic carbocycles. The molecule has 2 unspecified atom stereocenters. The number of phenolic OH excluding ortho intramolecular Hbond substituents is 4. The number of benzene rings is 5. The Bertz CT molecular complexity index is 1810. The van der Waals surface area contributed by atoms with Gasteiger partial charge in [0.05, 0.1) is 5.69 Å². The van der Waals surface area contributed by atoms with E-state index in [1.165, 1.54) is 0 Å². The van der Waals surface area contributed by atoms with Crippen LogP contribution in [0.15, 0.2) is 78.9 Å². The van der Waals surface area contributed by atoms with Crippen LogP contribution in [-0.2, 0) is 10.8 Å². The molecule has 0 spiro atoms. The average Bonchev–Trinajstić information content (AvgIpc) is 3.01. The molecule has 0 saturated carbocycles. The van der Waals surface area contributed by atoms with Crippen molar-refractivity contribution in [3.8, 4) is 23.0 Å². The summed E-state index contributed by atoms with van der Waals surface area (Å²) >= 11 is 0. The molecule has 0 aliphatic carbocycles. The van der Waals surface area contributed by atoms with Crippen LogP contribution in [0.3, 0.4) is 0 Å². The minimum absolute atomic E-state index is 0.0777. The molecule has 0 aliphatic heterocycles. The normalized spacial score (nSPS) is 14.1. The lowest BCUT2D eigenvalue weighted by atomic mass is 9.67. The highest BCUT2D eigenvalue weighted by atomic mass is 16.3. The monoisotopic (exact) mass is 601 g/mol. The minimum atomic E-state index is -0.675. The lowest BCUT2D eigenvalue weighted by Gasteiger charge is -2.36. The smallest absolute Gasteiger partial charge is 0.141 e. The first-order valence-corrected chi connectivity index (χ1v) is 15.2. The van der Waals surface area contributed by atoms with E-state index in [4.69, 9.17) is 5.73 Å². The van der Waals surface area contributed by atoms with Crippen molar-refractivity contribution in [1.82, 2.24) is 0 Å². The summed E-state index contributed by atoms with van der Waals surface area (Å²) in [6.45, 7) is 15.7. The van der Waals surface area contributed by atoms with Crippen LogP contribution >= 0.6 is 0 Å². The van der Waals surface area contributed by atoms with Crippen LogP contribution in [0.2, 0.25) is 0 Å². The molecule has 5 nitrogen and oxygen atoms in total. The van der Waals surface area contributed by atoms with E-state index in [0.29, 0.717) is 11.3 Å². The Morgan fingerprint density at radius 3 is 1.09 bits per heavy atom. The summed E-state index contributed by atoms with van der Waals surface area (Å²) in [7, 11) is 0. The summed E-state index contributed by atoms with van der Waals surface area (Å²) in [5, 5.41) is 42.1. The molecule has 0 fully saturated rings. The molecular formula is C40H43NO4. The van der Waals surface area contributed by atoms with Crippen LogP contribution in [0.25, 0.3) is 0 Å². The second kappa shape index (κ2) is 11.2. The van der Waals surface area contributed by atoms with Crippen LogP contribution in [-0.4, -0.2) is 20.4 Å². The molecule has 0 bridgehead atoms. The highest BCUT2D eigenvalue weighted by Crippen LogP contribution is 2.46. The number of hydrogen-bond donors (Lipinski definition) is 5. The molecule has 0 amide bonds. The first-order valence-electron chi connectivity index (χ1n) is 15.2. The summed E-state index contributed by atoms with van der Waals surface area (Å²) < 4.78 is 0. The summed E-state index contributed by atoms with van der Waals surface area (Å²) in [4.78, 5) is 0. The van der Waals surface area contributed by atoms with E-state index in [2.05, 4.69) is 38.1 Å². The molecule has 232 valence electrons. The maximum absolute atomic E-state index is 10.6. The molecular weight excluding hydrogens is 558 g/mol. The fourth-order valence-electron chi connectivity index (χ4n) is 6.69. The third kappa shape index (κ3) is 5.16. The van der Waals surface area contributed by atoms with Crippen LogP contribution in [0.4, 0.5) is 5.69 Å². The van der Waals surface area contributed by atoms with Crippen molar-refractivity contribution < 1.29 is 20.4 Å². The lowest BCUT2D eigenvalue weighted by Crippen LogP contribution is -2.28. The van der Waals surface area contributed by atoms with Gasteiger partial charge in [-0.25, -0.2) is 0 Å². The molecule has 0 heterocycles. The maximum Gasteiger partial charge on any atom is 0.141 e. The van der Waals surface area contributed by atoms with Gasteiger partial charge in [-0.05, 0) is 134 Å². The number of nitrogens with two attached hydrogens (primary N) is 1. The Labute approximate surface area is 266 Å². The van der Waals surface area contributed by atoms with Crippen molar-refractivity contribution in [2.45, 2.75) is 66.2 Å². The van der Waals surface area contributed by atoms with Gasteiger partial charge in [-0.15, -0.1) is 0 Å². The highest BCUT2D eigenvalue weighted by molar-refractivity contribution is 5.64. The topological polar surface area (TPSA) is 107 Å². The summed E-state index contributed by atoms with van der Waals surface area (Å²) in [5.41, 5.74) is 16.0. The van der Waals surface area contributed by atoms with Gasteiger partial charge in [0.15, 0.2) is 0 Å². The number of hydrogen-bond acceptors (Lipinski definition) is 5. The Kier molecular flexibility index (Phi) is 7.86. The maximum atomic E-state index is 10.6. The van der Waals surface area contributed by atoms with E-state index < -0.39 is 10.8 Å². The quantitative estimate of drug-likeness (QED) is 0.0761. The fourth-order valence-corrected chi connectivity index (χ4v) is 6.69. The molecule has 5 heteroatoms.